The quantitative estimate of drug-likeness (QED) is 0.320. The summed E-state index contributed by atoms with van der Waals surface area (Å²) in [5.41, 5.74) is 2.32. The van der Waals surface area contributed by atoms with E-state index in [0.717, 1.165) is 33.7 Å². The third-order valence-electron chi connectivity index (χ3n) is 5.94. The summed E-state index contributed by atoms with van der Waals surface area (Å²) in [7, 11) is 3.26. The highest BCUT2D eigenvalue weighted by Gasteiger charge is 2.17. The Labute approximate surface area is 207 Å². The summed E-state index contributed by atoms with van der Waals surface area (Å²) in [5, 5.41) is 13.1. The summed E-state index contributed by atoms with van der Waals surface area (Å²) in [6.45, 7) is 1.81. The van der Waals surface area contributed by atoms with Crippen LogP contribution in [-0.2, 0) is 26.2 Å². The highest BCUT2D eigenvalue weighted by molar-refractivity contribution is 5.80. The molecule has 0 saturated carbocycles. The molecule has 0 saturated heterocycles. The predicted molar refractivity (Wildman–Crippen MR) is 133 cm³/mol. The zero-order chi connectivity index (χ0) is 24.9. The van der Waals surface area contributed by atoms with Gasteiger partial charge in [-0.05, 0) is 64.5 Å². The molecule has 0 aliphatic heterocycles. The zero-order valence-electron chi connectivity index (χ0n) is 20.0. The Balaban J connectivity index is 1.45. The average Bonchev–Trinajstić information content (AvgIpc) is 3.57. The largest absolute Gasteiger partial charge is 0.497 e. The van der Waals surface area contributed by atoms with Crippen molar-refractivity contribution in [2.24, 2.45) is 0 Å². The van der Waals surface area contributed by atoms with Crippen LogP contribution in [0.4, 0.5) is 0 Å². The zero-order valence-corrected chi connectivity index (χ0v) is 20.0. The molecular weight excluding hydrogens is 460 g/mol. The van der Waals surface area contributed by atoms with Crippen LogP contribution in [0.3, 0.4) is 0 Å². The van der Waals surface area contributed by atoms with Gasteiger partial charge >= 0.3 is 0 Å². The van der Waals surface area contributed by atoms with E-state index in [1.807, 2.05) is 60.7 Å². The number of aromatic nitrogens is 5. The number of furan rings is 1. The van der Waals surface area contributed by atoms with Gasteiger partial charge in [0.1, 0.15) is 23.8 Å². The monoisotopic (exact) mass is 486 g/mol. The number of pyridine rings is 1. The van der Waals surface area contributed by atoms with E-state index in [-0.39, 0.29) is 5.56 Å². The third kappa shape index (κ3) is 5.28. The smallest absolute Gasteiger partial charge is 0.252 e. The second kappa shape index (κ2) is 10.4. The second-order valence-corrected chi connectivity index (χ2v) is 8.40. The Bertz CT molecular complexity index is 1490. The molecule has 5 aromatic rings. The van der Waals surface area contributed by atoms with Crippen LogP contribution >= 0.6 is 0 Å². The van der Waals surface area contributed by atoms with Gasteiger partial charge in [-0.25, -0.2) is 4.68 Å². The number of H-pyrrole nitrogens is 1. The highest BCUT2D eigenvalue weighted by Crippen LogP contribution is 2.21. The first kappa shape index (κ1) is 23.3. The number of fused-ring (bicyclic) bond motifs is 1. The molecule has 1 N–H and O–H groups in total. The lowest BCUT2D eigenvalue weighted by molar-refractivity contribution is 0.235. The van der Waals surface area contributed by atoms with Gasteiger partial charge in [0, 0.05) is 29.6 Å². The Morgan fingerprint density at radius 2 is 1.78 bits per heavy atom. The van der Waals surface area contributed by atoms with Crippen molar-refractivity contribution in [1.29, 1.82) is 0 Å². The lowest BCUT2D eigenvalue weighted by Crippen LogP contribution is -2.28. The molecule has 0 aliphatic rings. The standard InChI is InChI=1S/C26H26N6O4/c1-34-21-7-5-18(6-8-21)14-31(17-25-28-29-30-32(25)16-23-4-3-11-36-23)15-20-12-19-13-22(35-2)9-10-24(19)27-26(20)33/h3-13H,14-17H2,1-2H3,(H,27,33). The fraction of sp³-hybridized carbons (Fsp3) is 0.231. The number of ether oxygens (including phenoxy) is 2. The van der Waals surface area contributed by atoms with Crippen molar-refractivity contribution in [2.75, 3.05) is 14.2 Å². The topological polar surface area (TPSA) is 111 Å². The minimum absolute atomic E-state index is 0.137. The van der Waals surface area contributed by atoms with Crippen LogP contribution in [0.1, 0.15) is 22.7 Å². The molecule has 0 fully saturated rings. The number of hydrogen-bond donors (Lipinski definition) is 1. The summed E-state index contributed by atoms with van der Waals surface area (Å²) in [4.78, 5) is 18.1. The first-order valence-electron chi connectivity index (χ1n) is 11.4. The van der Waals surface area contributed by atoms with Crippen molar-refractivity contribution < 1.29 is 13.9 Å². The first-order chi connectivity index (χ1) is 17.6. The van der Waals surface area contributed by atoms with Gasteiger partial charge in [0.05, 0.1) is 27.0 Å². The Morgan fingerprint density at radius 3 is 2.53 bits per heavy atom. The van der Waals surface area contributed by atoms with Crippen LogP contribution < -0.4 is 15.0 Å². The lowest BCUT2D eigenvalue weighted by atomic mass is 10.1. The lowest BCUT2D eigenvalue weighted by Gasteiger charge is -2.22. The Hall–Kier alpha value is -4.44. The average molecular weight is 487 g/mol. The summed E-state index contributed by atoms with van der Waals surface area (Å²) >= 11 is 0. The van der Waals surface area contributed by atoms with Crippen LogP contribution in [0.2, 0.25) is 0 Å². The van der Waals surface area contributed by atoms with E-state index in [2.05, 4.69) is 25.4 Å². The number of aromatic amines is 1. The van der Waals surface area contributed by atoms with Gasteiger partial charge in [0.2, 0.25) is 0 Å². The third-order valence-corrected chi connectivity index (χ3v) is 5.94. The van der Waals surface area contributed by atoms with E-state index in [1.165, 1.54) is 0 Å². The van der Waals surface area contributed by atoms with E-state index in [9.17, 15) is 4.79 Å². The maximum Gasteiger partial charge on any atom is 0.252 e. The summed E-state index contributed by atoms with van der Waals surface area (Å²) in [6, 6.07) is 19.0. The van der Waals surface area contributed by atoms with Crippen molar-refractivity contribution in [3.63, 3.8) is 0 Å². The van der Waals surface area contributed by atoms with E-state index >= 15 is 0 Å². The van der Waals surface area contributed by atoms with E-state index in [4.69, 9.17) is 13.9 Å². The predicted octanol–water partition coefficient (Wildman–Crippen LogP) is 3.38. The number of tetrazole rings is 1. The van der Waals surface area contributed by atoms with Crippen molar-refractivity contribution in [1.82, 2.24) is 30.1 Å². The van der Waals surface area contributed by atoms with Gasteiger partial charge in [0.25, 0.3) is 5.56 Å². The van der Waals surface area contributed by atoms with Crippen molar-refractivity contribution in [2.45, 2.75) is 26.2 Å². The van der Waals surface area contributed by atoms with E-state index in [1.54, 1.807) is 25.2 Å². The molecule has 5 rings (SSSR count). The minimum Gasteiger partial charge on any atom is -0.497 e. The van der Waals surface area contributed by atoms with Crippen molar-refractivity contribution in [3.05, 3.63) is 100.0 Å². The number of methoxy groups -OCH3 is 2. The van der Waals surface area contributed by atoms with E-state index in [0.29, 0.717) is 37.6 Å². The van der Waals surface area contributed by atoms with Crippen LogP contribution in [-0.4, -0.2) is 44.3 Å². The number of nitrogens with zero attached hydrogens (tertiary/aromatic N) is 5. The molecule has 0 radical (unpaired) electrons. The molecule has 10 heteroatoms. The van der Waals surface area contributed by atoms with Crippen LogP contribution in [0.5, 0.6) is 11.5 Å². The van der Waals surface area contributed by atoms with Crippen molar-refractivity contribution in [3.8, 4) is 11.5 Å². The number of hydrogen-bond acceptors (Lipinski definition) is 8. The van der Waals surface area contributed by atoms with Gasteiger partial charge in [-0.2, -0.15) is 0 Å². The van der Waals surface area contributed by atoms with Gasteiger partial charge in [-0.3, -0.25) is 9.69 Å². The molecule has 36 heavy (non-hydrogen) atoms. The molecule has 3 heterocycles. The van der Waals surface area contributed by atoms with Crippen LogP contribution in [0, 0.1) is 0 Å². The summed E-state index contributed by atoms with van der Waals surface area (Å²) < 4.78 is 17.8. The van der Waals surface area contributed by atoms with Gasteiger partial charge in [0.15, 0.2) is 5.82 Å². The maximum atomic E-state index is 13.0. The van der Waals surface area contributed by atoms with Crippen LogP contribution in [0.25, 0.3) is 10.9 Å². The molecule has 0 aliphatic carbocycles. The first-order valence-corrected chi connectivity index (χ1v) is 11.4. The molecule has 0 spiro atoms. The number of nitrogens with one attached hydrogen (secondary N) is 1. The SMILES string of the molecule is COc1ccc(CN(Cc2cc3cc(OC)ccc3[nH]c2=O)Cc2nnnn2Cc2ccco2)cc1. The molecule has 2 aromatic carbocycles. The molecule has 10 nitrogen and oxygen atoms in total. The second-order valence-electron chi connectivity index (χ2n) is 8.40. The molecule has 0 atom stereocenters. The van der Waals surface area contributed by atoms with Crippen molar-refractivity contribution >= 4 is 10.9 Å². The number of benzene rings is 2. The fourth-order valence-corrected chi connectivity index (χ4v) is 4.08. The normalized spacial score (nSPS) is 11.3. The van der Waals surface area contributed by atoms with Gasteiger partial charge in [-0.1, -0.05) is 12.1 Å². The molecule has 184 valence electrons. The fourth-order valence-electron chi connectivity index (χ4n) is 4.08. The summed E-state index contributed by atoms with van der Waals surface area (Å²) in [5.74, 6) is 2.93. The van der Waals surface area contributed by atoms with Crippen LogP contribution in [0.15, 0.2) is 76.1 Å². The molecule has 3 aromatic heterocycles. The minimum atomic E-state index is -0.137. The highest BCUT2D eigenvalue weighted by atomic mass is 16.5. The molecular formula is C26H26N6O4. The maximum absolute atomic E-state index is 13.0. The summed E-state index contributed by atoms with van der Waals surface area (Å²) in [6.07, 6.45) is 1.62. The molecule has 0 amide bonds. The Kier molecular flexibility index (Phi) is 6.76. The van der Waals surface area contributed by atoms with Gasteiger partial charge < -0.3 is 18.9 Å². The molecule has 0 bridgehead atoms. The van der Waals surface area contributed by atoms with E-state index < -0.39 is 0 Å². The van der Waals surface area contributed by atoms with Gasteiger partial charge in [-0.15, -0.1) is 5.10 Å². The Morgan fingerprint density at radius 1 is 0.972 bits per heavy atom. The number of rotatable bonds is 10. The molecule has 0 unspecified atom stereocenters.